The van der Waals surface area contributed by atoms with Crippen LogP contribution in [0.3, 0.4) is 0 Å². The van der Waals surface area contributed by atoms with Crippen LogP contribution in [0.25, 0.3) is 0 Å². The summed E-state index contributed by atoms with van der Waals surface area (Å²) in [6.07, 6.45) is -3.57. The van der Waals surface area contributed by atoms with Gasteiger partial charge in [-0.25, -0.2) is 4.79 Å². The lowest BCUT2D eigenvalue weighted by Crippen LogP contribution is -2.17. The molecule has 1 N–H and O–H groups in total. The molecule has 0 aliphatic carbocycles. The van der Waals surface area contributed by atoms with Crippen molar-refractivity contribution in [3.63, 3.8) is 0 Å². The summed E-state index contributed by atoms with van der Waals surface area (Å²) in [5.74, 6) is -1.54. The summed E-state index contributed by atoms with van der Waals surface area (Å²) in [6, 6.07) is 4.83. The fourth-order valence-electron chi connectivity index (χ4n) is 0.946. The Hall–Kier alpha value is -2.25. The molecule has 0 unspecified atom stereocenters. The molecule has 0 heterocycles. The van der Waals surface area contributed by atoms with Crippen molar-refractivity contribution in [2.24, 2.45) is 5.16 Å². The van der Waals surface area contributed by atoms with E-state index < -0.39 is 18.9 Å². The van der Waals surface area contributed by atoms with Crippen molar-refractivity contribution in [2.75, 3.05) is 6.61 Å². The molecule has 8 heteroatoms. The summed E-state index contributed by atoms with van der Waals surface area (Å²) in [6.45, 7) is -0.591. The molecule has 1 aromatic rings. The minimum Gasteiger partial charge on any atom is -0.479 e. The average Bonchev–Trinajstić information content (AvgIpc) is 2.24. The molecule has 18 heavy (non-hydrogen) atoms. The number of halogens is 3. The van der Waals surface area contributed by atoms with E-state index in [1.165, 1.54) is 18.3 Å². The molecule has 0 aliphatic rings. The smallest absolute Gasteiger partial charge is 0.479 e. The number of ether oxygens (including phenoxy) is 1. The molecule has 1 rings (SSSR count). The molecule has 0 aliphatic heterocycles. The first kappa shape index (κ1) is 13.8. The standard InChI is InChI=1S/C10H8F3NO4/c11-10(12,13)18-8-3-1-7(2-4-8)5-14-17-6-9(15)16/h1-5H,6H2,(H,15,16). The van der Waals surface area contributed by atoms with Gasteiger partial charge in [-0.1, -0.05) is 5.16 Å². The number of hydrogen-bond acceptors (Lipinski definition) is 4. The highest BCUT2D eigenvalue weighted by atomic mass is 19.4. The van der Waals surface area contributed by atoms with Gasteiger partial charge in [-0.15, -0.1) is 13.2 Å². The molecule has 1 aromatic carbocycles. The number of benzene rings is 1. The predicted octanol–water partition coefficient (Wildman–Crippen LogP) is 2.02. The van der Waals surface area contributed by atoms with Crippen molar-refractivity contribution in [3.05, 3.63) is 29.8 Å². The van der Waals surface area contributed by atoms with Gasteiger partial charge in [0.25, 0.3) is 0 Å². The van der Waals surface area contributed by atoms with Crippen LogP contribution in [0.4, 0.5) is 13.2 Å². The average molecular weight is 263 g/mol. The summed E-state index contributed by atoms with van der Waals surface area (Å²) in [4.78, 5) is 14.4. The number of carboxylic acid groups (broad SMARTS) is 1. The van der Waals surface area contributed by atoms with Crippen LogP contribution >= 0.6 is 0 Å². The number of nitrogens with zero attached hydrogens (tertiary/aromatic N) is 1. The van der Waals surface area contributed by atoms with Crippen LogP contribution < -0.4 is 4.74 Å². The Morgan fingerprint density at radius 3 is 2.44 bits per heavy atom. The number of rotatable bonds is 5. The summed E-state index contributed by atoms with van der Waals surface area (Å²) < 4.78 is 39.2. The van der Waals surface area contributed by atoms with E-state index in [0.717, 1.165) is 12.1 Å². The van der Waals surface area contributed by atoms with Crippen LogP contribution in [0.1, 0.15) is 5.56 Å². The highest BCUT2D eigenvalue weighted by Crippen LogP contribution is 2.22. The second kappa shape index (κ2) is 5.89. The first-order valence-electron chi connectivity index (χ1n) is 4.60. The number of hydrogen-bond donors (Lipinski definition) is 1. The van der Waals surface area contributed by atoms with Crippen molar-refractivity contribution in [2.45, 2.75) is 6.36 Å². The molecule has 0 atom stereocenters. The van der Waals surface area contributed by atoms with Gasteiger partial charge in [0.05, 0.1) is 6.21 Å². The number of aliphatic carboxylic acids is 1. The molecule has 5 nitrogen and oxygen atoms in total. The third kappa shape index (κ3) is 5.73. The van der Waals surface area contributed by atoms with Crippen molar-refractivity contribution in [3.8, 4) is 5.75 Å². The maximum absolute atomic E-state index is 11.8. The van der Waals surface area contributed by atoms with Gasteiger partial charge in [-0.3, -0.25) is 0 Å². The molecule has 0 fully saturated rings. The minimum absolute atomic E-state index is 0.355. The first-order chi connectivity index (χ1) is 8.37. The largest absolute Gasteiger partial charge is 0.573 e. The van der Waals surface area contributed by atoms with Gasteiger partial charge >= 0.3 is 12.3 Å². The van der Waals surface area contributed by atoms with E-state index in [-0.39, 0.29) is 5.75 Å². The lowest BCUT2D eigenvalue weighted by Gasteiger charge is -2.08. The van der Waals surface area contributed by atoms with Gasteiger partial charge in [-0.05, 0) is 29.8 Å². The molecular formula is C10H8F3NO4. The normalized spacial score (nSPS) is 11.5. The minimum atomic E-state index is -4.74. The Morgan fingerprint density at radius 2 is 1.94 bits per heavy atom. The summed E-state index contributed by atoms with van der Waals surface area (Å²) in [5, 5.41) is 11.6. The third-order valence-corrected chi connectivity index (χ3v) is 1.58. The van der Waals surface area contributed by atoms with E-state index in [4.69, 9.17) is 5.11 Å². The second-order valence-electron chi connectivity index (χ2n) is 3.02. The van der Waals surface area contributed by atoms with Crippen LogP contribution in [0.5, 0.6) is 5.75 Å². The number of oxime groups is 1. The molecule has 0 aromatic heterocycles. The predicted molar refractivity (Wildman–Crippen MR) is 54.3 cm³/mol. The Labute approximate surface area is 99.4 Å². The van der Waals surface area contributed by atoms with Gasteiger partial charge in [-0.2, -0.15) is 0 Å². The maximum Gasteiger partial charge on any atom is 0.573 e. The molecule has 0 amide bonds. The quantitative estimate of drug-likeness (QED) is 0.651. The van der Waals surface area contributed by atoms with Crippen LogP contribution in [-0.4, -0.2) is 30.3 Å². The van der Waals surface area contributed by atoms with Crippen LogP contribution in [-0.2, 0) is 9.63 Å². The molecule has 98 valence electrons. The van der Waals surface area contributed by atoms with Gasteiger partial charge < -0.3 is 14.7 Å². The Kier molecular flexibility index (Phi) is 4.52. The molecule has 0 spiro atoms. The number of alkyl halides is 3. The first-order valence-corrected chi connectivity index (χ1v) is 4.60. The zero-order chi connectivity index (χ0) is 13.6. The molecule has 0 saturated carbocycles. The number of carboxylic acids is 1. The highest BCUT2D eigenvalue weighted by Gasteiger charge is 2.30. The van der Waals surface area contributed by atoms with E-state index in [9.17, 15) is 18.0 Å². The Morgan fingerprint density at radius 1 is 1.33 bits per heavy atom. The van der Waals surface area contributed by atoms with Crippen molar-refractivity contribution in [1.29, 1.82) is 0 Å². The lowest BCUT2D eigenvalue weighted by atomic mass is 10.2. The second-order valence-corrected chi connectivity index (χ2v) is 3.02. The zero-order valence-corrected chi connectivity index (χ0v) is 8.85. The molecule has 0 saturated heterocycles. The number of carbonyl (C=O) groups is 1. The topological polar surface area (TPSA) is 68.1 Å². The van der Waals surface area contributed by atoms with Gasteiger partial charge in [0.15, 0.2) is 0 Å². The van der Waals surface area contributed by atoms with Crippen molar-refractivity contribution >= 4 is 12.2 Å². The summed E-state index contributed by atoms with van der Waals surface area (Å²) in [5.41, 5.74) is 0.440. The Balaban J connectivity index is 2.52. The van der Waals surface area contributed by atoms with Crippen LogP contribution in [0.2, 0.25) is 0 Å². The molecular weight excluding hydrogens is 255 g/mol. The van der Waals surface area contributed by atoms with E-state index in [2.05, 4.69) is 14.7 Å². The lowest BCUT2D eigenvalue weighted by molar-refractivity contribution is -0.274. The fraction of sp³-hybridized carbons (Fsp3) is 0.200. The van der Waals surface area contributed by atoms with E-state index in [0.29, 0.717) is 5.56 Å². The van der Waals surface area contributed by atoms with Crippen LogP contribution in [0.15, 0.2) is 29.4 Å². The van der Waals surface area contributed by atoms with E-state index in [1.807, 2.05) is 0 Å². The third-order valence-electron chi connectivity index (χ3n) is 1.58. The van der Waals surface area contributed by atoms with E-state index in [1.54, 1.807) is 0 Å². The van der Waals surface area contributed by atoms with Gasteiger partial charge in [0.1, 0.15) is 5.75 Å². The monoisotopic (exact) mass is 263 g/mol. The molecule has 0 radical (unpaired) electrons. The summed E-state index contributed by atoms with van der Waals surface area (Å²) >= 11 is 0. The highest BCUT2D eigenvalue weighted by molar-refractivity contribution is 5.79. The summed E-state index contributed by atoms with van der Waals surface area (Å²) in [7, 11) is 0. The van der Waals surface area contributed by atoms with Crippen LogP contribution in [0, 0.1) is 0 Å². The molecule has 0 bridgehead atoms. The van der Waals surface area contributed by atoms with Gasteiger partial charge in [0.2, 0.25) is 6.61 Å². The SMILES string of the molecule is O=C(O)CON=Cc1ccc(OC(F)(F)F)cc1. The Bertz CT molecular complexity index is 428. The van der Waals surface area contributed by atoms with Gasteiger partial charge in [0, 0.05) is 0 Å². The van der Waals surface area contributed by atoms with E-state index >= 15 is 0 Å². The maximum atomic E-state index is 11.8. The fourth-order valence-corrected chi connectivity index (χ4v) is 0.946. The zero-order valence-electron chi connectivity index (χ0n) is 8.85. The van der Waals surface area contributed by atoms with Crippen molar-refractivity contribution < 1.29 is 32.6 Å². The van der Waals surface area contributed by atoms with Crippen molar-refractivity contribution in [1.82, 2.24) is 0 Å².